The zero-order chi connectivity index (χ0) is 20.1. The van der Waals surface area contributed by atoms with Gasteiger partial charge in [-0.3, -0.25) is 9.59 Å². The predicted molar refractivity (Wildman–Crippen MR) is 107 cm³/mol. The maximum Gasteiger partial charge on any atom is 0.235 e. The normalized spacial score (nSPS) is 15.9. The Morgan fingerprint density at radius 3 is 2.54 bits per heavy atom. The average Bonchev–Trinajstić information content (AvgIpc) is 3.12. The summed E-state index contributed by atoms with van der Waals surface area (Å²) in [6.07, 6.45) is 1.29. The van der Waals surface area contributed by atoms with Gasteiger partial charge in [0.05, 0.1) is 12.4 Å². The van der Waals surface area contributed by atoms with Gasteiger partial charge in [-0.25, -0.2) is 0 Å². The summed E-state index contributed by atoms with van der Waals surface area (Å²) in [4.78, 5) is 28.0. The van der Waals surface area contributed by atoms with Crippen molar-refractivity contribution in [1.82, 2.24) is 10.1 Å². The highest BCUT2D eigenvalue weighted by Gasteiger charge is 2.30. The number of amides is 2. The zero-order valence-electron chi connectivity index (χ0n) is 16.3. The van der Waals surface area contributed by atoms with E-state index < -0.39 is 0 Å². The Labute approximate surface area is 168 Å². The number of carbonyl (C=O) groups is 2. The number of thioether (sulfide) groups is 1. The molecule has 0 spiro atoms. The number of methoxy groups -OCH3 is 1. The average molecular weight is 404 g/mol. The van der Waals surface area contributed by atoms with Gasteiger partial charge in [0.25, 0.3) is 0 Å². The summed E-state index contributed by atoms with van der Waals surface area (Å²) in [5.74, 6) is 1.80. The maximum absolute atomic E-state index is 12.8. The number of anilines is 1. The Hall–Kier alpha value is -2.48. The van der Waals surface area contributed by atoms with Gasteiger partial charge in [0, 0.05) is 30.0 Å². The van der Waals surface area contributed by atoms with Crippen LogP contribution in [0.4, 0.5) is 5.82 Å². The topological polar surface area (TPSA) is 84.7 Å². The maximum atomic E-state index is 12.8. The highest BCUT2D eigenvalue weighted by atomic mass is 32.2. The smallest absolute Gasteiger partial charge is 0.235 e. The van der Waals surface area contributed by atoms with E-state index in [0.29, 0.717) is 37.5 Å². The van der Waals surface area contributed by atoms with Crippen molar-refractivity contribution in [2.75, 3.05) is 25.5 Å². The SMILES string of the molecule is COc1ccc(SC(C)C(=O)N2CCC(C(=O)Nc3cc(C)on3)CC2)cc1. The molecule has 28 heavy (non-hydrogen) atoms. The molecule has 1 aliphatic heterocycles. The van der Waals surface area contributed by atoms with Crippen molar-refractivity contribution >= 4 is 29.4 Å². The van der Waals surface area contributed by atoms with Gasteiger partial charge >= 0.3 is 0 Å². The molecule has 0 saturated carbocycles. The predicted octanol–water partition coefficient (Wildman–Crippen LogP) is 3.35. The number of benzene rings is 1. The molecule has 1 aromatic carbocycles. The molecular formula is C20H25N3O4S. The van der Waals surface area contributed by atoms with Gasteiger partial charge in [0.1, 0.15) is 11.5 Å². The number of nitrogens with zero attached hydrogens (tertiary/aromatic N) is 2. The lowest BCUT2D eigenvalue weighted by atomic mass is 9.95. The second kappa shape index (κ2) is 9.14. The Kier molecular flexibility index (Phi) is 6.61. The highest BCUT2D eigenvalue weighted by molar-refractivity contribution is 8.00. The summed E-state index contributed by atoms with van der Waals surface area (Å²) in [6.45, 7) is 4.87. The molecule has 1 atom stereocenters. The fourth-order valence-corrected chi connectivity index (χ4v) is 4.13. The number of piperidine rings is 1. The first-order valence-corrected chi connectivity index (χ1v) is 10.2. The molecule has 2 heterocycles. The summed E-state index contributed by atoms with van der Waals surface area (Å²) in [5.41, 5.74) is 0. The second-order valence-electron chi connectivity index (χ2n) is 6.85. The Morgan fingerprint density at radius 2 is 1.96 bits per heavy atom. The van der Waals surface area contributed by atoms with Crippen molar-refractivity contribution in [2.45, 2.75) is 36.8 Å². The third-order valence-corrected chi connectivity index (χ3v) is 5.88. The van der Waals surface area contributed by atoms with Crippen LogP contribution in [0.5, 0.6) is 5.75 Å². The largest absolute Gasteiger partial charge is 0.497 e. The van der Waals surface area contributed by atoms with Crippen molar-refractivity contribution < 1.29 is 18.8 Å². The van der Waals surface area contributed by atoms with Gasteiger partial charge in [-0.2, -0.15) is 0 Å². The van der Waals surface area contributed by atoms with E-state index in [1.54, 1.807) is 20.1 Å². The quantitative estimate of drug-likeness (QED) is 0.745. The minimum absolute atomic E-state index is 0.0685. The minimum Gasteiger partial charge on any atom is -0.497 e. The Bertz CT molecular complexity index is 813. The lowest BCUT2D eigenvalue weighted by Crippen LogP contribution is -2.44. The van der Waals surface area contributed by atoms with Crippen LogP contribution in [0, 0.1) is 12.8 Å². The van der Waals surface area contributed by atoms with Gasteiger partial charge < -0.3 is 19.5 Å². The van der Waals surface area contributed by atoms with Gasteiger partial charge in [-0.1, -0.05) is 5.16 Å². The number of nitrogens with one attached hydrogen (secondary N) is 1. The molecule has 1 unspecified atom stereocenters. The Morgan fingerprint density at radius 1 is 1.29 bits per heavy atom. The Balaban J connectivity index is 1.47. The van der Waals surface area contributed by atoms with Crippen molar-refractivity contribution in [3.05, 3.63) is 36.1 Å². The van der Waals surface area contributed by atoms with Gasteiger partial charge in [-0.15, -0.1) is 11.8 Å². The molecule has 1 aromatic heterocycles. The third-order valence-electron chi connectivity index (χ3n) is 4.78. The van der Waals surface area contributed by atoms with E-state index in [4.69, 9.17) is 9.26 Å². The standard InChI is InChI=1S/C20H25N3O4S/c1-13-12-18(22-27-13)21-19(24)15-8-10-23(11-9-15)20(25)14(2)28-17-6-4-16(26-3)5-7-17/h4-7,12,14-15H,8-11H2,1-3H3,(H,21,22,24). The van der Waals surface area contributed by atoms with Crippen LogP contribution in [0.15, 0.2) is 39.8 Å². The third kappa shape index (κ3) is 5.07. The fourth-order valence-electron chi connectivity index (χ4n) is 3.18. The second-order valence-corrected chi connectivity index (χ2v) is 8.26. The molecule has 0 radical (unpaired) electrons. The monoisotopic (exact) mass is 403 g/mol. The van der Waals surface area contributed by atoms with Crippen molar-refractivity contribution in [2.24, 2.45) is 5.92 Å². The van der Waals surface area contributed by atoms with Crippen LogP contribution in [0.1, 0.15) is 25.5 Å². The molecule has 2 amide bonds. The molecule has 0 aliphatic carbocycles. The fraction of sp³-hybridized carbons (Fsp3) is 0.450. The van der Waals surface area contributed by atoms with Gasteiger partial charge in [0.2, 0.25) is 11.8 Å². The summed E-state index contributed by atoms with van der Waals surface area (Å²) in [5, 5.41) is 6.38. The summed E-state index contributed by atoms with van der Waals surface area (Å²) < 4.78 is 10.1. The first kappa shape index (κ1) is 20.3. The number of aromatic nitrogens is 1. The summed E-state index contributed by atoms with van der Waals surface area (Å²) >= 11 is 1.53. The molecule has 150 valence electrons. The molecule has 0 bridgehead atoms. The van der Waals surface area contributed by atoms with Gasteiger partial charge in [-0.05, 0) is 51.0 Å². The summed E-state index contributed by atoms with van der Waals surface area (Å²) in [7, 11) is 1.63. The minimum atomic E-state index is -0.183. The number of ether oxygens (including phenoxy) is 1. The molecular weight excluding hydrogens is 378 g/mol. The van der Waals surface area contributed by atoms with Crippen LogP contribution in [0.3, 0.4) is 0 Å². The van der Waals surface area contributed by atoms with E-state index in [1.807, 2.05) is 36.1 Å². The molecule has 8 heteroatoms. The number of carbonyl (C=O) groups excluding carboxylic acids is 2. The zero-order valence-corrected chi connectivity index (χ0v) is 17.1. The number of aryl methyl sites for hydroxylation is 1. The number of likely N-dealkylation sites (tertiary alicyclic amines) is 1. The van der Waals surface area contributed by atoms with E-state index in [2.05, 4.69) is 10.5 Å². The number of rotatable bonds is 6. The summed E-state index contributed by atoms with van der Waals surface area (Å²) in [6, 6.07) is 9.37. The van der Waals surface area contributed by atoms with Crippen LogP contribution < -0.4 is 10.1 Å². The molecule has 7 nitrogen and oxygen atoms in total. The molecule has 1 fully saturated rings. The van der Waals surface area contributed by atoms with Crippen LogP contribution in [0.25, 0.3) is 0 Å². The van der Waals surface area contributed by atoms with Crippen molar-refractivity contribution in [1.29, 1.82) is 0 Å². The van der Waals surface area contributed by atoms with Gasteiger partial charge in [0.15, 0.2) is 5.82 Å². The van der Waals surface area contributed by atoms with Crippen LogP contribution >= 0.6 is 11.8 Å². The van der Waals surface area contributed by atoms with Crippen molar-refractivity contribution in [3.8, 4) is 5.75 Å². The number of hydrogen-bond donors (Lipinski definition) is 1. The molecule has 3 rings (SSSR count). The van der Waals surface area contributed by atoms with E-state index >= 15 is 0 Å². The lowest BCUT2D eigenvalue weighted by Gasteiger charge is -2.32. The highest BCUT2D eigenvalue weighted by Crippen LogP contribution is 2.28. The van der Waals surface area contributed by atoms with Crippen LogP contribution in [0.2, 0.25) is 0 Å². The van der Waals surface area contributed by atoms with E-state index in [9.17, 15) is 9.59 Å². The van der Waals surface area contributed by atoms with Crippen molar-refractivity contribution in [3.63, 3.8) is 0 Å². The molecule has 2 aromatic rings. The van der Waals surface area contributed by atoms with Crippen LogP contribution in [-0.2, 0) is 9.59 Å². The van der Waals surface area contributed by atoms with E-state index in [-0.39, 0.29) is 23.0 Å². The van der Waals surface area contributed by atoms with Crippen LogP contribution in [-0.4, -0.2) is 47.3 Å². The first-order chi connectivity index (χ1) is 13.5. The molecule has 1 saturated heterocycles. The van der Waals surface area contributed by atoms with E-state index in [1.165, 1.54) is 11.8 Å². The van der Waals surface area contributed by atoms with E-state index in [0.717, 1.165) is 10.6 Å². The lowest BCUT2D eigenvalue weighted by molar-refractivity contribution is -0.133. The molecule has 1 aliphatic rings. The molecule has 1 N–H and O–H groups in total. The number of hydrogen-bond acceptors (Lipinski definition) is 6. The first-order valence-electron chi connectivity index (χ1n) is 9.30.